The first-order chi connectivity index (χ1) is 37.3. The molecule has 1 aliphatic carbocycles. The molecule has 6 aromatic heterocycles. The standard InChI is InChI=1S/C23H26N4O3.C14H20N2O3.C10H12FNO2.C10H12N2O3/c1-2-30-21-13-23-25-19(16-6-7-16)15-27(23)14-17(21)12-20(28)18-4-3-5-22(24-18)26-8-10-29-11-9-26;1-14(2,3)19-13(17)11-5-4-6-12(15-11)16-7-9-18-10-8-16;1-10(2,3)14-9(13)7-5-4-6-8(11)12-7;13-10(14)8-2-1-3-9(11-8)12-4-6-15-7-5-12/h3-5,13-16H,2,6-12H2,1H3;4-6H,7-10H2,1-3H3;4-6H,1-3H3;1-3H,4-7H2,(H,13,14). The van der Waals surface area contributed by atoms with Gasteiger partial charge in [0.2, 0.25) is 5.95 Å². The first-order valence-electron chi connectivity index (χ1n) is 26.2. The highest BCUT2D eigenvalue weighted by Gasteiger charge is 2.27. The Bertz CT molecular complexity index is 2970. The maximum Gasteiger partial charge on any atom is 0.357 e. The Balaban J connectivity index is 0.000000160. The van der Waals surface area contributed by atoms with E-state index in [9.17, 15) is 23.6 Å². The third kappa shape index (κ3) is 17.7. The number of anilines is 3. The number of hydrogen-bond donors (Lipinski definition) is 1. The quantitative estimate of drug-likeness (QED) is 0.0698. The van der Waals surface area contributed by atoms with Gasteiger partial charge in [-0.2, -0.15) is 4.39 Å². The Morgan fingerprint density at radius 3 is 1.49 bits per heavy atom. The minimum atomic E-state index is -0.995. The van der Waals surface area contributed by atoms with E-state index < -0.39 is 29.1 Å². The topological polar surface area (TPSA) is 222 Å². The van der Waals surface area contributed by atoms with Crippen LogP contribution in [0.3, 0.4) is 0 Å². The van der Waals surface area contributed by atoms with Gasteiger partial charge in [0.25, 0.3) is 0 Å². The minimum absolute atomic E-state index is 0.0140. The minimum Gasteiger partial charge on any atom is -0.493 e. The molecule has 4 fully saturated rings. The van der Waals surface area contributed by atoms with E-state index >= 15 is 0 Å². The van der Waals surface area contributed by atoms with Crippen LogP contribution >= 0.6 is 0 Å². The SMILES string of the molecule is CC(C)(C)OC(=O)c1cccc(F)n1.CC(C)(C)OC(=O)c1cccc(N2CCOCC2)n1.CCOc1cc2nc(C3CC3)cn2cc1CC(=O)c1cccc(N2CCOCC2)n1.O=C(O)c1cccc(N2CCOCC2)n1. The molecule has 0 atom stereocenters. The predicted octanol–water partition coefficient (Wildman–Crippen LogP) is 7.93. The van der Waals surface area contributed by atoms with Crippen molar-refractivity contribution >= 4 is 46.8 Å². The molecule has 4 aliphatic rings. The molecule has 0 bridgehead atoms. The summed E-state index contributed by atoms with van der Waals surface area (Å²) in [5, 5.41) is 8.80. The second kappa shape index (κ2) is 27.1. The number of carboxylic acid groups (broad SMARTS) is 1. The number of imidazole rings is 1. The van der Waals surface area contributed by atoms with Crippen molar-refractivity contribution in [3.63, 3.8) is 0 Å². The monoisotopic (exact) mass is 1080 g/mol. The smallest absolute Gasteiger partial charge is 0.357 e. The Kier molecular flexibility index (Phi) is 20.2. The van der Waals surface area contributed by atoms with Crippen LogP contribution in [-0.4, -0.2) is 155 Å². The third-order valence-corrected chi connectivity index (χ3v) is 11.9. The number of hydrogen-bond acceptors (Lipinski definition) is 18. The van der Waals surface area contributed by atoms with Crippen molar-refractivity contribution in [3.05, 3.63) is 131 Å². The van der Waals surface area contributed by atoms with Crippen LogP contribution < -0.4 is 19.4 Å². The van der Waals surface area contributed by atoms with E-state index in [1.165, 1.54) is 37.1 Å². The predicted molar refractivity (Wildman–Crippen MR) is 290 cm³/mol. The van der Waals surface area contributed by atoms with Crippen molar-refractivity contribution in [3.8, 4) is 5.75 Å². The van der Waals surface area contributed by atoms with Gasteiger partial charge in [0.15, 0.2) is 22.9 Å². The first-order valence-corrected chi connectivity index (χ1v) is 26.2. The summed E-state index contributed by atoms with van der Waals surface area (Å²) in [4.78, 5) is 74.6. The number of rotatable bonds is 12. The van der Waals surface area contributed by atoms with Crippen LogP contribution in [-0.2, 0) is 30.1 Å². The number of morpholine rings is 3. The van der Waals surface area contributed by atoms with E-state index in [2.05, 4.69) is 35.9 Å². The van der Waals surface area contributed by atoms with Gasteiger partial charge in [0.1, 0.15) is 45.7 Å². The molecular weight excluding hydrogens is 1010 g/mol. The van der Waals surface area contributed by atoms with Gasteiger partial charge in [-0.25, -0.2) is 39.3 Å². The van der Waals surface area contributed by atoms with Crippen LogP contribution in [0.25, 0.3) is 5.65 Å². The molecule has 0 amide bonds. The molecule has 78 heavy (non-hydrogen) atoms. The number of Topliss-reactive ketones (excluding diaryl/α,β-unsaturated/α-hetero) is 1. The fourth-order valence-electron chi connectivity index (χ4n) is 8.09. The lowest BCUT2D eigenvalue weighted by molar-refractivity contribution is 0.00500. The zero-order valence-corrected chi connectivity index (χ0v) is 45.5. The number of aromatic carboxylic acids is 1. The molecule has 3 saturated heterocycles. The fraction of sp³-hybridized carbons (Fsp3) is 0.456. The van der Waals surface area contributed by atoms with Gasteiger partial charge in [-0.05, 0) is 110 Å². The van der Waals surface area contributed by atoms with E-state index in [4.69, 9.17) is 38.5 Å². The summed E-state index contributed by atoms with van der Waals surface area (Å²) >= 11 is 0. The van der Waals surface area contributed by atoms with E-state index in [0.717, 1.165) is 73.6 Å². The van der Waals surface area contributed by atoms with Gasteiger partial charge in [-0.3, -0.25) is 4.79 Å². The van der Waals surface area contributed by atoms with Crippen molar-refractivity contribution in [1.82, 2.24) is 29.3 Å². The van der Waals surface area contributed by atoms with Crippen molar-refractivity contribution in [2.24, 2.45) is 0 Å². The number of esters is 2. The van der Waals surface area contributed by atoms with Crippen LogP contribution in [0.1, 0.15) is 120 Å². The molecule has 10 rings (SSSR count). The number of ketones is 1. The normalized spacial score (nSPS) is 15.6. The maximum atomic E-state index is 13.1. The molecule has 0 radical (unpaired) electrons. The lowest BCUT2D eigenvalue weighted by atomic mass is 10.1. The molecule has 1 saturated carbocycles. The van der Waals surface area contributed by atoms with Gasteiger partial charge in [-0.15, -0.1) is 0 Å². The number of carboxylic acids is 1. The zero-order valence-electron chi connectivity index (χ0n) is 45.5. The molecule has 0 spiro atoms. The average Bonchev–Trinajstić information content (AvgIpc) is 4.22. The van der Waals surface area contributed by atoms with Crippen LogP contribution in [0.4, 0.5) is 21.8 Å². The summed E-state index contributed by atoms with van der Waals surface area (Å²) < 4.78 is 46.8. The molecule has 6 aromatic rings. The summed E-state index contributed by atoms with van der Waals surface area (Å²) in [6, 6.07) is 22.0. The molecule has 0 aromatic carbocycles. The summed E-state index contributed by atoms with van der Waals surface area (Å²) in [5.41, 5.74) is 2.64. The summed E-state index contributed by atoms with van der Waals surface area (Å²) in [5.74, 6) is 0.928. The van der Waals surface area contributed by atoms with Gasteiger partial charge >= 0.3 is 17.9 Å². The van der Waals surface area contributed by atoms with Crippen molar-refractivity contribution in [1.29, 1.82) is 0 Å². The first kappa shape index (κ1) is 58.1. The van der Waals surface area contributed by atoms with Gasteiger partial charge in [0, 0.05) is 75.6 Å². The Morgan fingerprint density at radius 2 is 1.04 bits per heavy atom. The third-order valence-electron chi connectivity index (χ3n) is 11.9. The van der Waals surface area contributed by atoms with E-state index in [1.807, 2.05) is 79.6 Å². The number of ether oxygens (including phenoxy) is 6. The number of fused-ring (bicyclic) bond motifs is 1. The molecule has 20 nitrogen and oxygen atoms in total. The largest absolute Gasteiger partial charge is 0.493 e. The summed E-state index contributed by atoms with van der Waals surface area (Å²) in [6.45, 7) is 22.0. The Hall–Kier alpha value is -7.62. The average molecular weight is 1080 g/mol. The lowest BCUT2D eigenvalue weighted by Gasteiger charge is -2.28. The van der Waals surface area contributed by atoms with Crippen molar-refractivity contribution in [2.75, 3.05) is 100 Å². The molecule has 416 valence electrons. The number of aromatic nitrogens is 6. The van der Waals surface area contributed by atoms with E-state index in [0.29, 0.717) is 69.4 Å². The molecule has 0 unspecified atom stereocenters. The van der Waals surface area contributed by atoms with Crippen molar-refractivity contribution < 1.29 is 57.1 Å². The molecular formula is C57H70FN9O11. The maximum absolute atomic E-state index is 13.1. The second-order valence-corrected chi connectivity index (χ2v) is 20.5. The molecule has 1 N–H and O–H groups in total. The number of pyridine rings is 5. The molecule has 9 heterocycles. The number of carbonyl (C=O) groups is 4. The van der Waals surface area contributed by atoms with Gasteiger partial charge in [0.05, 0.1) is 51.9 Å². The van der Waals surface area contributed by atoms with Crippen LogP contribution in [0, 0.1) is 5.95 Å². The van der Waals surface area contributed by atoms with Crippen LogP contribution in [0.2, 0.25) is 0 Å². The number of carbonyl (C=O) groups excluding carboxylic acids is 3. The van der Waals surface area contributed by atoms with Crippen LogP contribution in [0.5, 0.6) is 5.75 Å². The van der Waals surface area contributed by atoms with Gasteiger partial charge in [-0.1, -0.05) is 24.3 Å². The fourth-order valence-corrected chi connectivity index (χ4v) is 8.09. The Labute approximate surface area is 453 Å². The highest BCUT2D eigenvalue weighted by atomic mass is 19.1. The Morgan fingerprint density at radius 1 is 0.603 bits per heavy atom. The van der Waals surface area contributed by atoms with Gasteiger partial charge < -0.3 is 52.6 Å². The number of nitrogens with zero attached hydrogens (tertiary/aromatic N) is 9. The molecule has 21 heteroatoms. The highest BCUT2D eigenvalue weighted by molar-refractivity contribution is 5.96. The summed E-state index contributed by atoms with van der Waals surface area (Å²) in [7, 11) is 0. The van der Waals surface area contributed by atoms with Crippen molar-refractivity contribution in [2.45, 2.75) is 84.8 Å². The molecule has 3 aliphatic heterocycles. The highest BCUT2D eigenvalue weighted by Crippen LogP contribution is 2.40. The zero-order chi connectivity index (χ0) is 55.8. The van der Waals surface area contributed by atoms with E-state index in [-0.39, 0.29) is 29.6 Å². The van der Waals surface area contributed by atoms with E-state index in [1.54, 1.807) is 39.0 Å². The lowest BCUT2D eigenvalue weighted by Crippen LogP contribution is -2.37. The second-order valence-electron chi connectivity index (χ2n) is 20.5. The number of halogens is 1. The summed E-state index contributed by atoms with van der Waals surface area (Å²) in [6.07, 6.45) is 6.70. The van der Waals surface area contributed by atoms with Crippen LogP contribution in [0.15, 0.2) is 91.3 Å².